The molecular weight excluding hydrogens is 239 g/mol. The third-order valence-electron chi connectivity index (χ3n) is 3.22. The number of aromatic nitrogens is 1. The van der Waals surface area contributed by atoms with Gasteiger partial charge in [0, 0.05) is 16.6 Å². The second kappa shape index (κ2) is 4.35. The zero-order valence-electron chi connectivity index (χ0n) is 10.5. The summed E-state index contributed by atoms with van der Waals surface area (Å²) < 4.78 is 13.9. The van der Waals surface area contributed by atoms with E-state index in [0.717, 1.165) is 11.1 Å². The molecule has 0 saturated carbocycles. The summed E-state index contributed by atoms with van der Waals surface area (Å²) in [5.74, 6) is -0.343. The molecule has 0 spiro atoms. The average Bonchev–Trinajstić information content (AvgIpc) is 2.43. The van der Waals surface area contributed by atoms with Crippen molar-refractivity contribution in [3.05, 3.63) is 59.9 Å². The number of rotatable bonds is 1. The molecule has 0 unspecified atom stereocenters. The normalized spacial score (nSPS) is 10.8. The fourth-order valence-corrected chi connectivity index (χ4v) is 2.27. The lowest BCUT2D eigenvalue weighted by atomic mass is 10.0. The molecule has 0 radical (unpaired) electrons. The van der Waals surface area contributed by atoms with Crippen molar-refractivity contribution in [2.45, 2.75) is 6.92 Å². The SMILES string of the molecule is Cc1ccc(F)c2nc(-c3ccccc3)cc(N)c12. The van der Waals surface area contributed by atoms with Crippen LogP contribution in [0, 0.1) is 12.7 Å². The zero-order valence-corrected chi connectivity index (χ0v) is 10.5. The van der Waals surface area contributed by atoms with Gasteiger partial charge in [-0.3, -0.25) is 0 Å². The van der Waals surface area contributed by atoms with Gasteiger partial charge in [-0.2, -0.15) is 0 Å². The number of nitrogens with two attached hydrogens (primary N) is 1. The highest BCUT2D eigenvalue weighted by Crippen LogP contribution is 2.29. The Labute approximate surface area is 110 Å². The maximum Gasteiger partial charge on any atom is 0.149 e. The van der Waals surface area contributed by atoms with Crippen LogP contribution in [-0.2, 0) is 0 Å². The molecule has 2 nitrogen and oxygen atoms in total. The second-order valence-electron chi connectivity index (χ2n) is 4.55. The van der Waals surface area contributed by atoms with Crippen molar-refractivity contribution in [2.24, 2.45) is 0 Å². The van der Waals surface area contributed by atoms with Crippen LogP contribution in [0.4, 0.5) is 10.1 Å². The summed E-state index contributed by atoms with van der Waals surface area (Å²) in [6.07, 6.45) is 0. The molecule has 3 aromatic rings. The quantitative estimate of drug-likeness (QED) is 0.712. The molecule has 1 aromatic heterocycles. The van der Waals surface area contributed by atoms with Gasteiger partial charge in [0.15, 0.2) is 0 Å². The highest BCUT2D eigenvalue weighted by Gasteiger charge is 2.11. The number of fused-ring (bicyclic) bond motifs is 1. The summed E-state index contributed by atoms with van der Waals surface area (Å²) in [4.78, 5) is 4.41. The molecule has 19 heavy (non-hydrogen) atoms. The maximum atomic E-state index is 13.9. The summed E-state index contributed by atoms with van der Waals surface area (Å²) in [5, 5.41) is 0.694. The van der Waals surface area contributed by atoms with Crippen molar-refractivity contribution in [3.63, 3.8) is 0 Å². The Morgan fingerprint density at radius 3 is 2.53 bits per heavy atom. The number of aryl methyl sites for hydroxylation is 1. The smallest absolute Gasteiger partial charge is 0.149 e. The lowest BCUT2D eigenvalue weighted by Gasteiger charge is -2.09. The summed E-state index contributed by atoms with van der Waals surface area (Å²) in [6, 6.07) is 14.6. The molecule has 94 valence electrons. The van der Waals surface area contributed by atoms with E-state index in [0.29, 0.717) is 22.3 Å². The zero-order chi connectivity index (χ0) is 13.4. The van der Waals surface area contributed by atoms with E-state index in [4.69, 9.17) is 5.73 Å². The van der Waals surface area contributed by atoms with Crippen molar-refractivity contribution in [3.8, 4) is 11.3 Å². The number of halogens is 1. The lowest BCUT2D eigenvalue weighted by molar-refractivity contribution is 0.636. The van der Waals surface area contributed by atoms with E-state index in [1.54, 1.807) is 12.1 Å². The van der Waals surface area contributed by atoms with Crippen LogP contribution in [0.1, 0.15) is 5.56 Å². The Morgan fingerprint density at radius 2 is 1.79 bits per heavy atom. The first-order valence-electron chi connectivity index (χ1n) is 6.07. The molecule has 0 amide bonds. The van der Waals surface area contributed by atoms with Gasteiger partial charge < -0.3 is 5.73 Å². The molecule has 2 N–H and O–H groups in total. The molecule has 0 atom stereocenters. The summed E-state index contributed by atoms with van der Waals surface area (Å²) in [6.45, 7) is 1.90. The molecule has 2 aromatic carbocycles. The van der Waals surface area contributed by atoms with Crippen LogP contribution in [0.5, 0.6) is 0 Å². The first-order valence-corrected chi connectivity index (χ1v) is 6.07. The molecular formula is C16H13FN2. The van der Waals surface area contributed by atoms with Gasteiger partial charge in [-0.25, -0.2) is 9.37 Å². The van der Waals surface area contributed by atoms with E-state index in [1.807, 2.05) is 37.3 Å². The topological polar surface area (TPSA) is 38.9 Å². The molecule has 3 rings (SSSR count). The number of pyridine rings is 1. The number of benzene rings is 2. The monoisotopic (exact) mass is 252 g/mol. The van der Waals surface area contributed by atoms with Crippen LogP contribution < -0.4 is 5.73 Å². The Hall–Kier alpha value is -2.42. The number of nitrogen functional groups attached to an aromatic ring is 1. The molecule has 1 heterocycles. The number of anilines is 1. The molecule has 0 saturated heterocycles. The van der Waals surface area contributed by atoms with Gasteiger partial charge in [-0.15, -0.1) is 0 Å². The number of hydrogen-bond donors (Lipinski definition) is 1. The minimum Gasteiger partial charge on any atom is -0.398 e. The highest BCUT2D eigenvalue weighted by atomic mass is 19.1. The Morgan fingerprint density at radius 1 is 1.05 bits per heavy atom. The van der Waals surface area contributed by atoms with Crippen molar-refractivity contribution >= 4 is 16.6 Å². The first kappa shape index (κ1) is 11.7. The van der Waals surface area contributed by atoms with Gasteiger partial charge >= 0.3 is 0 Å². The van der Waals surface area contributed by atoms with Gasteiger partial charge in [-0.1, -0.05) is 36.4 Å². The first-order chi connectivity index (χ1) is 9.16. The van der Waals surface area contributed by atoms with E-state index >= 15 is 0 Å². The van der Waals surface area contributed by atoms with Crippen molar-refractivity contribution < 1.29 is 4.39 Å². The Balaban J connectivity index is 2.34. The van der Waals surface area contributed by atoms with Crippen molar-refractivity contribution in [2.75, 3.05) is 5.73 Å². The van der Waals surface area contributed by atoms with E-state index in [-0.39, 0.29) is 5.82 Å². The molecule has 0 aliphatic rings. The summed E-state index contributed by atoms with van der Waals surface area (Å²) >= 11 is 0. The van der Waals surface area contributed by atoms with Crippen molar-refractivity contribution in [1.82, 2.24) is 4.98 Å². The fourth-order valence-electron chi connectivity index (χ4n) is 2.27. The Bertz CT molecular complexity index is 752. The lowest BCUT2D eigenvalue weighted by Crippen LogP contribution is -1.96. The van der Waals surface area contributed by atoms with Crippen LogP contribution in [0.25, 0.3) is 22.2 Å². The van der Waals surface area contributed by atoms with Crippen LogP contribution in [-0.4, -0.2) is 4.98 Å². The van der Waals surface area contributed by atoms with E-state index in [9.17, 15) is 4.39 Å². The largest absolute Gasteiger partial charge is 0.398 e. The molecule has 0 fully saturated rings. The molecule has 0 aliphatic carbocycles. The summed E-state index contributed by atoms with van der Waals surface area (Å²) in [5.41, 5.74) is 9.50. The number of hydrogen-bond acceptors (Lipinski definition) is 2. The molecule has 3 heteroatoms. The Kier molecular flexibility index (Phi) is 2.67. The van der Waals surface area contributed by atoms with Gasteiger partial charge in [0.1, 0.15) is 11.3 Å². The minimum absolute atomic E-state index is 0.332. The van der Waals surface area contributed by atoms with E-state index < -0.39 is 0 Å². The minimum atomic E-state index is -0.343. The van der Waals surface area contributed by atoms with E-state index in [1.165, 1.54) is 6.07 Å². The van der Waals surface area contributed by atoms with Gasteiger partial charge in [0.05, 0.1) is 5.69 Å². The highest BCUT2D eigenvalue weighted by molar-refractivity contribution is 5.95. The van der Waals surface area contributed by atoms with Crippen molar-refractivity contribution in [1.29, 1.82) is 0 Å². The van der Waals surface area contributed by atoms with Crippen LogP contribution >= 0.6 is 0 Å². The predicted molar refractivity (Wildman–Crippen MR) is 76.3 cm³/mol. The third kappa shape index (κ3) is 1.93. The number of nitrogens with zero attached hydrogens (tertiary/aromatic N) is 1. The summed E-state index contributed by atoms with van der Waals surface area (Å²) in [7, 11) is 0. The van der Waals surface area contributed by atoms with Crippen LogP contribution in [0.3, 0.4) is 0 Å². The van der Waals surface area contributed by atoms with Crippen LogP contribution in [0.15, 0.2) is 48.5 Å². The third-order valence-corrected chi connectivity index (χ3v) is 3.22. The standard InChI is InChI=1S/C16H13FN2/c1-10-7-8-12(17)16-15(10)13(18)9-14(19-16)11-5-3-2-4-6-11/h2-9H,1H3,(H2,18,19). The van der Waals surface area contributed by atoms with Gasteiger partial charge in [-0.05, 0) is 24.6 Å². The fraction of sp³-hybridized carbons (Fsp3) is 0.0625. The average molecular weight is 252 g/mol. The predicted octanol–water partition coefficient (Wildman–Crippen LogP) is 3.93. The van der Waals surface area contributed by atoms with Gasteiger partial charge in [0.25, 0.3) is 0 Å². The second-order valence-corrected chi connectivity index (χ2v) is 4.55. The van der Waals surface area contributed by atoms with Gasteiger partial charge in [0.2, 0.25) is 0 Å². The van der Waals surface area contributed by atoms with Crippen LogP contribution in [0.2, 0.25) is 0 Å². The molecule has 0 aliphatic heterocycles. The van der Waals surface area contributed by atoms with E-state index in [2.05, 4.69) is 4.98 Å². The molecule has 0 bridgehead atoms. The maximum absolute atomic E-state index is 13.9.